The van der Waals surface area contributed by atoms with Gasteiger partial charge in [-0.3, -0.25) is 13.9 Å². The summed E-state index contributed by atoms with van der Waals surface area (Å²) in [6, 6.07) is 24.1. The first kappa shape index (κ1) is 27.5. The lowest BCUT2D eigenvalue weighted by Gasteiger charge is -2.57. The van der Waals surface area contributed by atoms with Crippen LogP contribution in [0.2, 0.25) is 0 Å². The summed E-state index contributed by atoms with van der Waals surface area (Å²) in [5.41, 5.74) is 3.57. The molecule has 2 amide bonds. The second-order valence-corrected chi connectivity index (χ2v) is 14.2. The van der Waals surface area contributed by atoms with E-state index in [4.69, 9.17) is 0 Å². The van der Waals surface area contributed by atoms with Gasteiger partial charge in [-0.15, -0.1) is 0 Å². The van der Waals surface area contributed by atoms with Crippen LogP contribution in [0.1, 0.15) is 60.0 Å². The normalized spacial score (nSPS) is 24.6. The predicted molar refractivity (Wildman–Crippen MR) is 161 cm³/mol. The van der Waals surface area contributed by atoms with Crippen LogP contribution < -0.4 is 14.9 Å². The van der Waals surface area contributed by atoms with Crippen LogP contribution >= 0.6 is 0 Å². The Balaban J connectivity index is 1.15. The first-order valence-electron chi connectivity index (χ1n) is 14.5. The van der Waals surface area contributed by atoms with Crippen LogP contribution in [0.5, 0.6) is 0 Å². The quantitative estimate of drug-likeness (QED) is 0.355. The van der Waals surface area contributed by atoms with Crippen molar-refractivity contribution >= 4 is 33.2 Å². The van der Waals surface area contributed by atoms with Gasteiger partial charge in [0.15, 0.2) is 0 Å². The van der Waals surface area contributed by atoms with Crippen LogP contribution in [0.15, 0.2) is 78.9 Å². The van der Waals surface area contributed by atoms with Gasteiger partial charge in [0.2, 0.25) is 15.9 Å². The molecule has 0 atom stereocenters. The fraction of sp³-hybridized carbons (Fsp3) is 0.394. The number of hydrogen-bond donors (Lipinski definition) is 2. The van der Waals surface area contributed by atoms with Gasteiger partial charge in [0.25, 0.3) is 5.91 Å². The zero-order valence-corrected chi connectivity index (χ0v) is 24.2. The van der Waals surface area contributed by atoms with Gasteiger partial charge in [0.1, 0.15) is 6.54 Å². The molecule has 4 saturated carbocycles. The third kappa shape index (κ3) is 5.89. The summed E-state index contributed by atoms with van der Waals surface area (Å²) in [4.78, 5) is 26.1. The van der Waals surface area contributed by atoms with E-state index < -0.39 is 22.5 Å². The second kappa shape index (κ2) is 11.0. The molecule has 0 aromatic heterocycles. The number of carbonyl (C=O) groups is 2. The fourth-order valence-electron chi connectivity index (χ4n) is 7.83. The molecule has 4 aliphatic rings. The molecule has 41 heavy (non-hydrogen) atoms. The van der Waals surface area contributed by atoms with Gasteiger partial charge in [-0.25, -0.2) is 8.42 Å². The summed E-state index contributed by atoms with van der Waals surface area (Å²) in [6.07, 6.45) is 8.90. The van der Waals surface area contributed by atoms with Gasteiger partial charge in [-0.1, -0.05) is 54.6 Å². The number of para-hydroxylation sites is 1. The van der Waals surface area contributed by atoms with Gasteiger partial charge in [0, 0.05) is 6.54 Å². The van der Waals surface area contributed by atoms with E-state index in [9.17, 15) is 18.0 Å². The maximum Gasteiger partial charge on any atom is 0.253 e. The number of hydrogen-bond acceptors (Lipinski definition) is 4. The lowest BCUT2D eigenvalue weighted by Crippen LogP contribution is -2.48. The van der Waals surface area contributed by atoms with Gasteiger partial charge in [-0.05, 0) is 97.1 Å². The van der Waals surface area contributed by atoms with Gasteiger partial charge in [-0.2, -0.15) is 0 Å². The van der Waals surface area contributed by atoms with E-state index in [2.05, 4.69) is 22.8 Å². The maximum atomic E-state index is 13.1. The molecule has 8 heteroatoms. The van der Waals surface area contributed by atoms with Gasteiger partial charge < -0.3 is 10.6 Å². The van der Waals surface area contributed by atoms with Crippen LogP contribution in [-0.2, 0) is 26.8 Å². The van der Waals surface area contributed by atoms with Crippen molar-refractivity contribution in [2.75, 3.05) is 22.4 Å². The Morgan fingerprint density at radius 3 is 2.02 bits per heavy atom. The van der Waals surface area contributed by atoms with Crippen molar-refractivity contribution in [3.63, 3.8) is 0 Å². The molecule has 214 valence electrons. The summed E-state index contributed by atoms with van der Waals surface area (Å²) in [6.45, 7) is -0.0431. The number of nitrogens with one attached hydrogen (secondary N) is 2. The van der Waals surface area contributed by atoms with Gasteiger partial charge >= 0.3 is 0 Å². The molecular weight excluding hydrogens is 534 g/mol. The zero-order chi connectivity index (χ0) is 28.6. The Labute approximate surface area is 242 Å². The monoisotopic (exact) mass is 571 g/mol. The highest BCUT2D eigenvalue weighted by atomic mass is 32.2. The summed E-state index contributed by atoms with van der Waals surface area (Å²) in [5, 5.41) is 5.63. The molecule has 4 aliphatic carbocycles. The Kier molecular flexibility index (Phi) is 7.36. The number of benzene rings is 3. The second-order valence-electron chi connectivity index (χ2n) is 12.3. The minimum atomic E-state index is -3.74. The summed E-state index contributed by atoms with van der Waals surface area (Å²) in [5.74, 6) is 1.61. The molecule has 0 spiro atoms. The molecule has 0 heterocycles. The van der Waals surface area contributed by atoms with E-state index in [0.29, 0.717) is 23.5 Å². The first-order chi connectivity index (χ1) is 19.7. The highest BCUT2D eigenvalue weighted by Crippen LogP contribution is 2.60. The average molecular weight is 572 g/mol. The largest absolute Gasteiger partial charge is 0.348 e. The number of anilines is 2. The Morgan fingerprint density at radius 2 is 1.41 bits per heavy atom. The van der Waals surface area contributed by atoms with Gasteiger partial charge in [0.05, 0.1) is 23.2 Å². The molecular formula is C33H37N3O4S. The molecule has 3 aromatic rings. The standard InChI is InChI=1S/C33H37N3O4S/c1-41(39,40)36(28-13-11-27(12-14-28)33-18-24-15-25(19-33)17-26(16-24)20-33)22-31(37)35-30-10-6-5-9-29(30)32(38)34-21-23-7-3-2-4-8-23/h2-14,24-26H,15-22H2,1H3,(H,34,38)(H,35,37). The van der Waals surface area contributed by atoms with Crippen molar-refractivity contribution in [1.29, 1.82) is 0 Å². The van der Waals surface area contributed by atoms with E-state index in [1.165, 1.54) is 44.1 Å². The lowest BCUT2D eigenvalue weighted by atomic mass is 9.48. The third-order valence-corrected chi connectivity index (χ3v) is 10.4. The number of nitrogens with zero attached hydrogens (tertiary/aromatic N) is 1. The smallest absolute Gasteiger partial charge is 0.253 e. The predicted octanol–water partition coefficient (Wildman–Crippen LogP) is 5.49. The molecule has 0 aliphatic heterocycles. The van der Waals surface area contributed by atoms with Crippen molar-refractivity contribution < 1.29 is 18.0 Å². The van der Waals surface area contributed by atoms with E-state index in [0.717, 1.165) is 33.9 Å². The summed E-state index contributed by atoms with van der Waals surface area (Å²) in [7, 11) is -3.74. The zero-order valence-electron chi connectivity index (χ0n) is 23.4. The Morgan fingerprint density at radius 1 is 0.829 bits per heavy atom. The SMILES string of the molecule is CS(=O)(=O)N(CC(=O)Nc1ccccc1C(=O)NCc1ccccc1)c1ccc(C23CC4CC(CC(C4)C2)C3)cc1. The van der Waals surface area contributed by atoms with Crippen molar-refractivity contribution in [3.05, 3.63) is 95.6 Å². The minimum Gasteiger partial charge on any atom is -0.348 e. The topological polar surface area (TPSA) is 95.6 Å². The van der Waals surface area contributed by atoms with Crippen LogP contribution in [0.25, 0.3) is 0 Å². The number of carbonyl (C=O) groups excluding carboxylic acids is 2. The molecule has 7 rings (SSSR count). The van der Waals surface area contributed by atoms with E-state index in [1.807, 2.05) is 42.5 Å². The highest BCUT2D eigenvalue weighted by molar-refractivity contribution is 7.92. The van der Waals surface area contributed by atoms with Crippen LogP contribution in [0.4, 0.5) is 11.4 Å². The summed E-state index contributed by atoms with van der Waals surface area (Å²) >= 11 is 0. The van der Waals surface area contributed by atoms with Crippen LogP contribution in [0.3, 0.4) is 0 Å². The average Bonchev–Trinajstić information content (AvgIpc) is 2.94. The van der Waals surface area contributed by atoms with Crippen molar-refractivity contribution in [2.45, 2.75) is 50.5 Å². The highest BCUT2D eigenvalue weighted by Gasteiger charge is 2.51. The number of sulfonamides is 1. The summed E-state index contributed by atoms with van der Waals surface area (Å²) < 4.78 is 26.7. The molecule has 4 fully saturated rings. The number of rotatable bonds is 9. The lowest BCUT2D eigenvalue weighted by molar-refractivity contribution is -0.114. The maximum absolute atomic E-state index is 13.1. The van der Waals surface area contributed by atoms with Crippen LogP contribution in [0, 0.1) is 17.8 Å². The molecule has 7 nitrogen and oxygen atoms in total. The Hall–Kier alpha value is -3.65. The van der Waals surface area contributed by atoms with Crippen molar-refractivity contribution in [3.8, 4) is 0 Å². The van der Waals surface area contributed by atoms with Crippen LogP contribution in [-0.4, -0.2) is 33.0 Å². The Bertz CT molecular complexity index is 1500. The number of amides is 2. The van der Waals surface area contributed by atoms with E-state index in [1.54, 1.807) is 24.3 Å². The first-order valence-corrected chi connectivity index (χ1v) is 16.3. The molecule has 4 bridgehead atoms. The molecule has 0 radical (unpaired) electrons. The molecule has 3 aromatic carbocycles. The van der Waals surface area contributed by atoms with E-state index in [-0.39, 0.29) is 11.3 Å². The third-order valence-electron chi connectivity index (χ3n) is 9.24. The minimum absolute atomic E-state index is 0.214. The van der Waals surface area contributed by atoms with E-state index >= 15 is 0 Å². The molecule has 2 N–H and O–H groups in total. The van der Waals surface area contributed by atoms with Crippen molar-refractivity contribution in [2.24, 2.45) is 17.8 Å². The molecule has 0 saturated heterocycles. The van der Waals surface area contributed by atoms with Crippen molar-refractivity contribution in [1.82, 2.24) is 5.32 Å². The fourth-order valence-corrected chi connectivity index (χ4v) is 8.69. The molecule has 0 unspecified atom stereocenters.